The van der Waals surface area contributed by atoms with Gasteiger partial charge < -0.3 is 10.6 Å². The lowest BCUT2D eigenvalue weighted by Gasteiger charge is -2.15. The van der Waals surface area contributed by atoms with E-state index in [1.165, 1.54) is 5.56 Å². The largest absolute Gasteiger partial charge is 0.334 e. The average molecular weight is 327 g/mol. The standard InChI is InChI=1S/C18H21N3O3/c1-12-3-5-14(6-4-12)11-19-18(23)20-13(2)15-7-9-16(10-8-15)17(22)21-24/h3-10,13,24H,11H2,1-2H3,(H,21,22)(H2,19,20,23). The Labute approximate surface area is 140 Å². The van der Waals surface area contributed by atoms with Crippen LogP contribution in [0.3, 0.4) is 0 Å². The summed E-state index contributed by atoms with van der Waals surface area (Å²) in [6, 6.07) is 14.1. The topological polar surface area (TPSA) is 90.5 Å². The molecule has 0 aliphatic carbocycles. The first kappa shape index (κ1) is 17.5. The van der Waals surface area contributed by atoms with Gasteiger partial charge in [0.05, 0.1) is 6.04 Å². The van der Waals surface area contributed by atoms with Crippen LogP contribution in [-0.2, 0) is 6.54 Å². The molecule has 24 heavy (non-hydrogen) atoms. The third kappa shape index (κ3) is 4.82. The Morgan fingerprint density at radius 2 is 1.67 bits per heavy atom. The van der Waals surface area contributed by atoms with Crippen LogP contribution < -0.4 is 16.1 Å². The summed E-state index contributed by atoms with van der Waals surface area (Å²) in [6.07, 6.45) is 0. The molecule has 0 aliphatic rings. The molecule has 3 amide bonds. The average Bonchev–Trinajstić information content (AvgIpc) is 2.60. The van der Waals surface area contributed by atoms with Gasteiger partial charge in [0.15, 0.2) is 0 Å². The van der Waals surface area contributed by atoms with Gasteiger partial charge in [0.25, 0.3) is 5.91 Å². The molecule has 2 rings (SSSR count). The Kier molecular flexibility index (Phi) is 5.92. The van der Waals surface area contributed by atoms with Gasteiger partial charge >= 0.3 is 6.03 Å². The molecular formula is C18H21N3O3. The maximum absolute atomic E-state index is 12.0. The number of hydroxylamine groups is 1. The van der Waals surface area contributed by atoms with Crippen molar-refractivity contribution in [3.05, 3.63) is 70.8 Å². The van der Waals surface area contributed by atoms with Gasteiger partial charge in [0, 0.05) is 12.1 Å². The highest BCUT2D eigenvalue weighted by Crippen LogP contribution is 2.13. The van der Waals surface area contributed by atoms with Crippen LogP contribution in [0.1, 0.15) is 40.0 Å². The molecule has 0 aliphatic heterocycles. The molecule has 1 unspecified atom stereocenters. The van der Waals surface area contributed by atoms with Gasteiger partial charge in [-0.3, -0.25) is 10.0 Å². The first-order valence-electron chi connectivity index (χ1n) is 7.64. The van der Waals surface area contributed by atoms with Crippen LogP contribution in [0.5, 0.6) is 0 Å². The van der Waals surface area contributed by atoms with Gasteiger partial charge in [0.2, 0.25) is 0 Å². The van der Waals surface area contributed by atoms with Crippen LogP contribution in [-0.4, -0.2) is 17.1 Å². The molecule has 4 N–H and O–H groups in total. The molecule has 0 saturated carbocycles. The normalized spacial score (nSPS) is 11.5. The molecule has 2 aromatic carbocycles. The molecule has 0 heterocycles. The summed E-state index contributed by atoms with van der Waals surface area (Å²) in [6.45, 7) is 4.32. The second kappa shape index (κ2) is 8.12. The smallest absolute Gasteiger partial charge is 0.315 e. The van der Waals surface area contributed by atoms with Crippen LogP contribution in [0.4, 0.5) is 4.79 Å². The van der Waals surface area contributed by atoms with Gasteiger partial charge in [0.1, 0.15) is 0 Å². The fraction of sp³-hybridized carbons (Fsp3) is 0.222. The van der Waals surface area contributed by atoms with Crippen LogP contribution in [0.25, 0.3) is 0 Å². The van der Waals surface area contributed by atoms with E-state index in [2.05, 4.69) is 10.6 Å². The highest BCUT2D eigenvalue weighted by Gasteiger charge is 2.10. The van der Waals surface area contributed by atoms with Crippen LogP contribution in [0.2, 0.25) is 0 Å². The Morgan fingerprint density at radius 1 is 1.04 bits per heavy atom. The lowest BCUT2D eigenvalue weighted by atomic mass is 10.1. The molecule has 0 bridgehead atoms. The van der Waals surface area contributed by atoms with E-state index in [4.69, 9.17) is 5.21 Å². The van der Waals surface area contributed by atoms with Gasteiger partial charge in [-0.2, -0.15) is 0 Å². The zero-order valence-corrected chi connectivity index (χ0v) is 13.7. The number of amides is 3. The van der Waals surface area contributed by atoms with Crippen molar-refractivity contribution in [2.75, 3.05) is 0 Å². The van der Waals surface area contributed by atoms with Crippen LogP contribution in [0.15, 0.2) is 48.5 Å². The van der Waals surface area contributed by atoms with E-state index in [9.17, 15) is 9.59 Å². The van der Waals surface area contributed by atoms with Crippen molar-refractivity contribution in [2.45, 2.75) is 26.4 Å². The van der Waals surface area contributed by atoms with Crippen molar-refractivity contribution in [3.63, 3.8) is 0 Å². The molecule has 2 aromatic rings. The molecule has 6 heteroatoms. The fourth-order valence-electron chi connectivity index (χ4n) is 2.21. The maximum atomic E-state index is 12.0. The monoisotopic (exact) mass is 327 g/mol. The number of hydrogen-bond donors (Lipinski definition) is 4. The van der Waals surface area contributed by atoms with Gasteiger partial charge in [-0.1, -0.05) is 42.0 Å². The maximum Gasteiger partial charge on any atom is 0.315 e. The molecule has 6 nitrogen and oxygen atoms in total. The van der Waals surface area contributed by atoms with Crippen LogP contribution in [0, 0.1) is 6.92 Å². The third-order valence-electron chi connectivity index (χ3n) is 3.70. The zero-order valence-electron chi connectivity index (χ0n) is 13.7. The minimum absolute atomic E-state index is 0.214. The predicted molar refractivity (Wildman–Crippen MR) is 90.7 cm³/mol. The lowest BCUT2D eigenvalue weighted by Crippen LogP contribution is -2.36. The summed E-state index contributed by atoms with van der Waals surface area (Å²) in [4.78, 5) is 23.2. The van der Waals surface area contributed by atoms with E-state index in [0.29, 0.717) is 12.1 Å². The number of aryl methyl sites for hydroxylation is 1. The number of urea groups is 1. The SMILES string of the molecule is Cc1ccc(CNC(=O)NC(C)c2ccc(C(=O)NO)cc2)cc1. The van der Waals surface area contributed by atoms with Crippen LogP contribution >= 0.6 is 0 Å². The highest BCUT2D eigenvalue weighted by atomic mass is 16.5. The summed E-state index contributed by atoms with van der Waals surface area (Å²) in [7, 11) is 0. The summed E-state index contributed by atoms with van der Waals surface area (Å²) in [5.41, 5.74) is 4.99. The number of benzene rings is 2. The number of rotatable bonds is 5. The number of carbonyl (C=O) groups is 2. The Morgan fingerprint density at radius 3 is 2.25 bits per heavy atom. The Balaban J connectivity index is 1.86. The van der Waals surface area contributed by atoms with Crippen molar-refractivity contribution in [1.29, 1.82) is 0 Å². The molecule has 0 radical (unpaired) electrons. The highest BCUT2D eigenvalue weighted by molar-refractivity contribution is 5.93. The fourth-order valence-corrected chi connectivity index (χ4v) is 2.21. The van der Waals surface area contributed by atoms with Crippen molar-refractivity contribution >= 4 is 11.9 Å². The van der Waals surface area contributed by atoms with E-state index >= 15 is 0 Å². The van der Waals surface area contributed by atoms with Gasteiger partial charge in [-0.05, 0) is 37.1 Å². The summed E-state index contributed by atoms with van der Waals surface area (Å²) < 4.78 is 0. The van der Waals surface area contributed by atoms with Crippen molar-refractivity contribution in [1.82, 2.24) is 16.1 Å². The van der Waals surface area contributed by atoms with E-state index in [0.717, 1.165) is 11.1 Å². The summed E-state index contributed by atoms with van der Waals surface area (Å²) in [5.74, 6) is -0.571. The first-order valence-corrected chi connectivity index (χ1v) is 7.64. The Bertz CT molecular complexity index is 696. The zero-order chi connectivity index (χ0) is 17.5. The first-order chi connectivity index (χ1) is 11.5. The van der Waals surface area contributed by atoms with E-state index in [-0.39, 0.29) is 12.1 Å². The van der Waals surface area contributed by atoms with E-state index in [1.54, 1.807) is 29.7 Å². The van der Waals surface area contributed by atoms with Crippen molar-refractivity contribution in [2.24, 2.45) is 0 Å². The number of nitrogens with one attached hydrogen (secondary N) is 3. The molecule has 0 aromatic heterocycles. The lowest BCUT2D eigenvalue weighted by molar-refractivity contribution is 0.0706. The minimum Gasteiger partial charge on any atom is -0.334 e. The summed E-state index contributed by atoms with van der Waals surface area (Å²) >= 11 is 0. The molecule has 0 fully saturated rings. The van der Waals surface area contributed by atoms with Gasteiger partial charge in [-0.15, -0.1) is 0 Å². The molecule has 0 spiro atoms. The second-order valence-electron chi connectivity index (χ2n) is 5.60. The second-order valence-corrected chi connectivity index (χ2v) is 5.60. The molecular weight excluding hydrogens is 306 g/mol. The number of hydrogen-bond acceptors (Lipinski definition) is 3. The third-order valence-corrected chi connectivity index (χ3v) is 3.70. The van der Waals surface area contributed by atoms with Crippen molar-refractivity contribution < 1.29 is 14.8 Å². The molecule has 126 valence electrons. The molecule has 1 atom stereocenters. The van der Waals surface area contributed by atoms with Gasteiger partial charge in [-0.25, -0.2) is 10.3 Å². The van der Waals surface area contributed by atoms with Crippen molar-refractivity contribution in [3.8, 4) is 0 Å². The summed E-state index contributed by atoms with van der Waals surface area (Å²) in [5, 5.41) is 14.2. The van der Waals surface area contributed by atoms with E-state index in [1.807, 2.05) is 38.1 Å². The quantitative estimate of drug-likeness (QED) is 0.503. The Hall–Kier alpha value is -2.86. The minimum atomic E-state index is -0.571. The molecule has 0 saturated heterocycles. The van der Waals surface area contributed by atoms with E-state index < -0.39 is 5.91 Å². The predicted octanol–water partition coefficient (Wildman–Crippen LogP) is 2.67. The number of carbonyl (C=O) groups excluding carboxylic acids is 2.